The summed E-state index contributed by atoms with van der Waals surface area (Å²) in [6, 6.07) is 8.26. The summed E-state index contributed by atoms with van der Waals surface area (Å²) >= 11 is 0. The number of halogens is 1. The van der Waals surface area contributed by atoms with Crippen molar-refractivity contribution in [3.63, 3.8) is 0 Å². The number of nitrogens with one attached hydrogen (secondary N) is 1. The van der Waals surface area contributed by atoms with Crippen molar-refractivity contribution in [1.29, 1.82) is 0 Å². The molecule has 3 saturated heterocycles. The molecule has 0 saturated carbocycles. The third-order valence-electron chi connectivity index (χ3n) is 6.13. The van der Waals surface area contributed by atoms with Gasteiger partial charge < -0.3 is 19.5 Å². The lowest BCUT2D eigenvalue weighted by Gasteiger charge is -2.23. The molecule has 2 aromatic rings. The highest BCUT2D eigenvalue weighted by molar-refractivity contribution is 14.0. The molecule has 4 heterocycles. The van der Waals surface area contributed by atoms with E-state index in [4.69, 9.17) is 4.74 Å². The first-order chi connectivity index (χ1) is 12.3. The molecule has 0 radical (unpaired) electrons. The molecule has 0 aliphatic carbocycles. The highest BCUT2D eigenvalue weighted by atomic mass is 127. The Balaban J connectivity index is 0.00000168. The number of nitrogens with zero attached hydrogens (tertiary/aromatic N) is 4. The van der Waals surface area contributed by atoms with Crippen LogP contribution >= 0.6 is 24.0 Å². The Bertz CT molecular complexity index is 788. The standard InChI is InChI=1S/C19H25N5O.HI/c1-20-19(24-10-13-14(11-24)18-7-6-17(13)25-18)21-8-9-23-12-22-15-4-2-3-5-16(15)23;/h2-5,12-14,17-18H,6-11H2,1H3,(H,20,21);1H. The van der Waals surface area contributed by atoms with Gasteiger partial charge in [-0.25, -0.2) is 4.98 Å². The van der Waals surface area contributed by atoms with Crippen LogP contribution in [0.15, 0.2) is 35.6 Å². The van der Waals surface area contributed by atoms with Crippen molar-refractivity contribution in [2.45, 2.75) is 31.6 Å². The van der Waals surface area contributed by atoms with Gasteiger partial charge in [0.15, 0.2) is 5.96 Å². The number of likely N-dealkylation sites (tertiary alicyclic amines) is 1. The molecule has 3 fully saturated rings. The predicted octanol–water partition coefficient (Wildman–Crippen LogP) is 2.34. The number of ether oxygens (including phenoxy) is 1. The van der Waals surface area contributed by atoms with Crippen LogP contribution < -0.4 is 5.32 Å². The molecule has 0 amide bonds. The zero-order valence-electron chi connectivity index (χ0n) is 15.0. The maximum Gasteiger partial charge on any atom is 0.193 e. The quantitative estimate of drug-likeness (QED) is 0.428. The Morgan fingerprint density at radius 2 is 1.96 bits per heavy atom. The van der Waals surface area contributed by atoms with Crippen LogP contribution in [0.1, 0.15) is 12.8 Å². The smallest absolute Gasteiger partial charge is 0.193 e. The summed E-state index contributed by atoms with van der Waals surface area (Å²) in [7, 11) is 1.88. The second-order valence-electron chi connectivity index (χ2n) is 7.42. The van der Waals surface area contributed by atoms with Crippen LogP contribution in [-0.4, -0.2) is 59.3 Å². The molecule has 140 valence electrons. The number of guanidine groups is 1. The Morgan fingerprint density at radius 3 is 2.69 bits per heavy atom. The zero-order valence-corrected chi connectivity index (χ0v) is 17.4. The molecule has 4 atom stereocenters. The second-order valence-corrected chi connectivity index (χ2v) is 7.42. The van der Waals surface area contributed by atoms with Gasteiger partial charge in [0.05, 0.1) is 29.6 Å². The van der Waals surface area contributed by atoms with Gasteiger partial charge >= 0.3 is 0 Å². The van der Waals surface area contributed by atoms with Gasteiger partial charge in [-0.3, -0.25) is 4.99 Å². The highest BCUT2D eigenvalue weighted by Crippen LogP contribution is 2.47. The summed E-state index contributed by atoms with van der Waals surface area (Å²) in [4.78, 5) is 11.4. The molecule has 0 spiro atoms. The maximum atomic E-state index is 6.07. The predicted molar refractivity (Wildman–Crippen MR) is 113 cm³/mol. The summed E-state index contributed by atoms with van der Waals surface area (Å²) in [5, 5.41) is 3.54. The van der Waals surface area contributed by atoms with Crippen LogP contribution in [0.25, 0.3) is 11.0 Å². The lowest BCUT2D eigenvalue weighted by atomic mass is 9.82. The summed E-state index contributed by atoms with van der Waals surface area (Å²) in [5.74, 6) is 2.43. The number of rotatable bonds is 3. The van der Waals surface area contributed by atoms with E-state index in [-0.39, 0.29) is 24.0 Å². The van der Waals surface area contributed by atoms with Crippen molar-refractivity contribution >= 4 is 41.0 Å². The first-order valence-electron chi connectivity index (χ1n) is 9.34. The van der Waals surface area contributed by atoms with Gasteiger partial charge in [-0.15, -0.1) is 24.0 Å². The third kappa shape index (κ3) is 2.98. The van der Waals surface area contributed by atoms with E-state index < -0.39 is 0 Å². The summed E-state index contributed by atoms with van der Waals surface area (Å²) < 4.78 is 8.27. The van der Waals surface area contributed by atoms with E-state index in [0.717, 1.165) is 37.7 Å². The van der Waals surface area contributed by atoms with Crippen molar-refractivity contribution in [1.82, 2.24) is 19.8 Å². The van der Waals surface area contributed by atoms with E-state index in [1.807, 2.05) is 19.4 Å². The van der Waals surface area contributed by atoms with E-state index in [2.05, 4.69) is 43.0 Å². The van der Waals surface area contributed by atoms with Gasteiger partial charge in [0.1, 0.15) is 0 Å². The molecular formula is C19H26IN5O. The Labute approximate surface area is 171 Å². The molecule has 4 unspecified atom stereocenters. The number of fused-ring (bicyclic) bond motifs is 6. The van der Waals surface area contributed by atoms with Gasteiger partial charge in [-0.1, -0.05) is 12.1 Å². The maximum absolute atomic E-state index is 6.07. The van der Waals surface area contributed by atoms with Crippen molar-refractivity contribution in [2.24, 2.45) is 16.8 Å². The van der Waals surface area contributed by atoms with Gasteiger partial charge in [0.2, 0.25) is 0 Å². The molecule has 1 N–H and O–H groups in total. The van der Waals surface area contributed by atoms with E-state index >= 15 is 0 Å². The van der Waals surface area contributed by atoms with Gasteiger partial charge in [-0.2, -0.15) is 0 Å². The average Bonchev–Trinajstić information content (AvgIpc) is 3.39. The van der Waals surface area contributed by atoms with E-state index in [1.165, 1.54) is 18.4 Å². The Kier molecular flexibility index (Phi) is 5.09. The van der Waals surface area contributed by atoms with Crippen molar-refractivity contribution in [2.75, 3.05) is 26.7 Å². The summed E-state index contributed by atoms with van der Waals surface area (Å²) in [6.45, 7) is 3.90. The molecule has 1 aromatic carbocycles. The van der Waals surface area contributed by atoms with Crippen molar-refractivity contribution in [3.05, 3.63) is 30.6 Å². The zero-order chi connectivity index (χ0) is 16.8. The lowest BCUT2D eigenvalue weighted by molar-refractivity contribution is 0.0767. The van der Waals surface area contributed by atoms with Crippen LogP contribution in [0.2, 0.25) is 0 Å². The fraction of sp³-hybridized carbons (Fsp3) is 0.579. The summed E-state index contributed by atoms with van der Waals surface area (Å²) in [6.07, 6.45) is 5.41. The fourth-order valence-electron chi connectivity index (χ4n) is 4.94. The van der Waals surface area contributed by atoms with Crippen LogP contribution in [0.5, 0.6) is 0 Å². The molecule has 3 aliphatic heterocycles. The molecular weight excluding hydrogens is 441 g/mol. The minimum absolute atomic E-state index is 0. The molecule has 7 heteroatoms. The van der Waals surface area contributed by atoms with Crippen LogP contribution in [0.3, 0.4) is 0 Å². The molecule has 2 bridgehead atoms. The van der Waals surface area contributed by atoms with Gasteiger partial charge in [-0.05, 0) is 25.0 Å². The van der Waals surface area contributed by atoms with E-state index in [1.54, 1.807) is 0 Å². The van der Waals surface area contributed by atoms with Crippen LogP contribution in [0, 0.1) is 11.8 Å². The number of benzene rings is 1. The Hall–Kier alpha value is -1.35. The number of hydrogen-bond donors (Lipinski definition) is 1. The number of aromatic nitrogens is 2. The number of imidazole rings is 1. The first-order valence-corrected chi connectivity index (χ1v) is 9.34. The largest absolute Gasteiger partial charge is 0.374 e. The minimum Gasteiger partial charge on any atom is -0.374 e. The van der Waals surface area contributed by atoms with Crippen LogP contribution in [0.4, 0.5) is 0 Å². The average molecular weight is 467 g/mol. The summed E-state index contributed by atoms with van der Waals surface area (Å²) in [5.41, 5.74) is 2.23. The minimum atomic E-state index is 0. The van der Waals surface area contributed by atoms with E-state index in [0.29, 0.717) is 24.0 Å². The fourth-order valence-corrected chi connectivity index (χ4v) is 4.94. The third-order valence-corrected chi connectivity index (χ3v) is 6.13. The molecule has 1 aromatic heterocycles. The second kappa shape index (κ2) is 7.34. The molecule has 6 nitrogen and oxygen atoms in total. The lowest BCUT2D eigenvalue weighted by Crippen LogP contribution is -2.42. The van der Waals surface area contributed by atoms with E-state index in [9.17, 15) is 0 Å². The number of aliphatic imine (C=N–C) groups is 1. The molecule has 5 rings (SSSR count). The van der Waals surface area contributed by atoms with Crippen molar-refractivity contribution in [3.8, 4) is 0 Å². The monoisotopic (exact) mass is 467 g/mol. The van der Waals surface area contributed by atoms with Gasteiger partial charge in [0.25, 0.3) is 0 Å². The number of para-hydroxylation sites is 2. The van der Waals surface area contributed by atoms with Crippen LogP contribution in [-0.2, 0) is 11.3 Å². The SMILES string of the molecule is CN=C(NCCn1cnc2ccccc21)N1CC2C3CCC(O3)C2C1.I. The topological polar surface area (TPSA) is 54.7 Å². The highest BCUT2D eigenvalue weighted by Gasteiger charge is 2.53. The normalized spacial score (nSPS) is 29.9. The van der Waals surface area contributed by atoms with Crippen molar-refractivity contribution < 1.29 is 4.74 Å². The number of hydrogen-bond acceptors (Lipinski definition) is 3. The first kappa shape index (κ1) is 18.0. The molecule has 26 heavy (non-hydrogen) atoms. The molecule has 3 aliphatic rings. The Morgan fingerprint density at radius 1 is 1.23 bits per heavy atom. The van der Waals surface area contributed by atoms with Gasteiger partial charge in [0, 0.05) is 45.1 Å².